The fourth-order valence-electron chi connectivity index (χ4n) is 2.61. The molecule has 1 aliphatic heterocycles. The van der Waals surface area contributed by atoms with E-state index in [0.717, 1.165) is 12.3 Å². The van der Waals surface area contributed by atoms with Gasteiger partial charge in [-0.1, -0.05) is 0 Å². The predicted molar refractivity (Wildman–Crippen MR) is 81.4 cm³/mol. The van der Waals surface area contributed by atoms with Crippen LogP contribution in [0, 0.1) is 0 Å². The van der Waals surface area contributed by atoms with E-state index in [1.165, 1.54) is 6.33 Å². The van der Waals surface area contributed by atoms with Crippen LogP contribution in [0.5, 0.6) is 0 Å². The van der Waals surface area contributed by atoms with Crippen LogP contribution in [-0.4, -0.2) is 69.9 Å². The number of nitrogens with zero attached hydrogens (tertiary/aromatic N) is 5. The van der Waals surface area contributed by atoms with Crippen molar-refractivity contribution in [2.75, 3.05) is 33.3 Å². The molecular formula is C15H21N5O3. The number of carbonyl (C=O) groups is 1. The lowest BCUT2D eigenvalue weighted by molar-refractivity contribution is -0.134. The Kier molecular flexibility index (Phi) is 5.04. The molecule has 2 aromatic rings. The van der Waals surface area contributed by atoms with Gasteiger partial charge in [0, 0.05) is 20.1 Å². The number of likely N-dealkylation sites (N-methyl/N-ethyl adjacent to an activating group) is 1. The lowest BCUT2D eigenvalue weighted by Gasteiger charge is -2.33. The van der Waals surface area contributed by atoms with E-state index in [4.69, 9.17) is 9.15 Å². The minimum Gasteiger partial charge on any atom is -0.467 e. The van der Waals surface area contributed by atoms with Crippen LogP contribution in [0.15, 0.2) is 35.5 Å². The van der Waals surface area contributed by atoms with Gasteiger partial charge < -0.3 is 14.1 Å². The first-order valence-electron chi connectivity index (χ1n) is 7.63. The SMILES string of the molecule is CN(Cc1ccco1)C(=O)CN1CCO[C@@H](Cn2cncn2)C1. The maximum absolute atomic E-state index is 12.3. The molecule has 3 rings (SSSR count). The van der Waals surface area contributed by atoms with E-state index in [-0.39, 0.29) is 12.0 Å². The summed E-state index contributed by atoms with van der Waals surface area (Å²) < 4.78 is 12.8. The highest BCUT2D eigenvalue weighted by Gasteiger charge is 2.24. The van der Waals surface area contributed by atoms with Gasteiger partial charge in [0.1, 0.15) is 18.4 Å². The summed E-state index contributed by atoms with van der Waals surface area (Å²) in [7, 11) is 1.79. The smallest absolute Gasteiger partial charge is 0.236 e. The average molecular weight is 319 g/mol. The summed E-state index contributed by atoms with van der Waals surface area (Å²) in [4.78, 5) is 20.1. The monoisotopic (exact) mass is 319 g/mol. The Morgan fingerprint density at radius 2 is 2.43 bits per heavy atom. The number of amides is 1. The molecule has 0 saturated carbocycles. The first-order valence-corrected chi connectivity index (χ1v) is 7.63. The molecule has 8 nitrogen and oxygen atoms in total. The number of hydrogen-bond donors (Lipinski definition) is 0. The van der Waals surface area contributed by atoms with Crippen LogP contribution in [0.3, 0.4) is 0 Å². The van der Waals surface area contributed by atoms with E-state index in [0.29, 0.717) is 32.8 Å². The molecule has 0 aliphatic carbocycles. The molecule has 0 unspecified atom stereocenters. The van der Waals surface area contributed by atoms with Gasteiger partial charge in [-0.25, -0.2) is 4.98 Å². The topological polar surface area (TPSA) is 76.6 Å². The second-order valence-corrected chi connectivity index (χ2v) is 5.67. The van der Waals surface area contributed by atoms with Gasteiger partial charge in [0.25, 0.3) is 0 Å². The lowest BCUT2D eigenvalue weighted by Crippen LogP contribution is -2.48. The van der Waals surface area contributed by atoms with E-state index in [2.05, 4.69) is 15.0 Å². The van der Waals surface area contributed by atoms with E-state index in [9.17, 15) is 4.79 Å². The van der Waals surface area contributed by atoms with Crippen LogP contribution in [0.4, 0.5) is 0 Å². The van der Waals surface area contributed by atoms with Gasteiger partial charge in [-0.05, 0) is 12.1 Å². The molecule has 0 spiro atoms. The summed E-state index contributed by atoms with van der Waals surface area (Å²) in [5.41, 5.74) is 0. The Morgan fingerprint density at radius 1 is 1.52 bits per heavy atom. The summed E-state index contributed by atoms with van der Waals surface area (Å²) in [6.45, 7) is 3.60. The molecule has 1 atom stereocenters. The molecule has 124 valence electrons. The van der Waals surface area contributed by atoms with Crippen LogP contribution < -0.4 is 0 Å². The quantitative estimate of drug-likeness (QED) is 0.759. The number of ether oxygens (including phenoxy) is 1. The van der Waals surface area contributed by atoms with Crippen molar-refractivity contribution in [3.63, 3.8) is 0 Å². The molecule has 3 heterocycles. The minimum absolute atomic E-state index is 0.0219. The molecule has 1 saturated heterocycles. The summed E-state index contributed by atoms with van der Waals surface area (Å²) in [6.07, 6.45) is 4.82. The Hall–Kier alpha value is -2.19. The standard InChI is InChI=1S/C15H21N5O3/c1-18(7-13-3-2-5-22-13)15(21)10-19-4-6-23-14(8-19)9-20-12-16-11-17-20/h2-3,5,11-12,14H,4,6-10H2,1H3/t14-/m1/s1. The number of hydrogen-bond acceptors (Lipinski definition) is 6. The van der Waals surface area contributed by atoms with Gasteiger partial charge in [-0.2, -0.15) is 5.10 Å². The Labute approximate surface area is 134 Å². The van der Waals surface area contributed by atoms with E-state index >= 15 is 0 Å². The van der Waals surface area contributed by atoms with Crippen LogP contribution in [0.1, 0.15) is 5.76 Å². The highest BCUT2D eigenvalue weighted by Crippen LogP contribution is 2.09. The summed E-state index contributed by atoms with van der Waals surface area (Å²) in [5.74, 6) is 0.856. The fraction of sp³-hybridized carbons (Fsp3) is 0.533. The molecular weight excluding hydrogens is 298 g/mol. The zero-order chi connectivity index (χ0) is 16.1. The Morgan fingerprint density at radius 3 is 3.17 bits per heavy atom. The zero-order valence-electron chi connectivity index (χ0n) is 13.2. The second kappa shape index (κ2) is 7.38. The summed E-state index contributed by atoms with van der Waals surface area (Å²) >= 11 is 0. The van der Waals surface area contributed by atoms with Gasteiger partial charge in [-0.3, -0.25) is 14.4 Å². The van der Waals surface area contributed by atoms with E-state index < -0.39 is 0 Å². The number of morpholine rings is 1. The van der Waals surface area contributed by atoms with Crippen molar-refractivity contribution in [1.29, 1.82) is 0 Å². The molecule has 0 aromatic carbocycles. The van der Waals surface area contributed by atoms with Crippen LogP contribution in [-0.2, 0) is 22.6 Å². The van der Waals surface area contributed by atoms with Gasteiger partial charge in [0.2, 0.25) is 5.91 Å². The van der Waals surface area contributed by atoms with E-state index in [1.54, 1.807) is 29.2 Å². The largest absolute Gasteiger partial charge is 0.467 e. The highest BCUT2D eigenvalue weighted by atomic mass is 16.5. The molecule has 1 fully saturated rings. The number of furan rings is 1. The molecule has 1 aliphatic rings. The lowest BCUT2D eigenvalue weighted by atomic mass is 10.2. The maximum atomic E-state index is 12.3. The molecule has 0 radical (unpaired) electrons. The van der Waals surface area contributed by atoms with Gasteiger partial charge in [-0.15, -0.1) is 0 Å². The number of carbonyl (C=O) groups excluding carboxylic acids is 1. The molecule has 0 bridgehead atoms. The fourth-order valence-corrected chi connectivity index (χ4v) is 2.61. The molecule has 0 N–H and O–H groups in total. The van der Waals surface area contributed by atoms with Crippen molar-refractivity contribution in [2.45, 2.75) is 19.2 Å². The molecule has 8 heteroatoms. The van der Waals surface area contributed by atoms with Crippen LogP contribution in [0.2, 0.25) is 0 Å². The minimum atomic E-state index is 0.0219. The highest BCUT2D eigenvalue weighted by molar-refractivity contribution is 5.77. The Balaban J connectivity index is 1.47. The van der Waals surface area contributed by atoms with Crippen molar-refractivity contribution in [3.05, 3.63) is 36.8 Å². The number of aromatic nitrogens is 3. The van der Waals surface area contributed by atoms with Crippen molar-refractivity contribution >= 4 is 5.91 Å². The van der Waals surface area contributed by atoms with Gasteiger partial charge >= 0.3 is 0 Å². The third-order valence-electron chi connectivity index (χ3n) is 3.84. The van der Waals surface area contributed by atoms with Gasteiger partial charge in [0.15, 0.2) is 0 Å². The first-order chi connectivity index (χ1) is 11.2. The maximum Gasteiger partial charge on any atom is 0.236 e. The average Bonchev–Trinajstić information content (AvgIpc) is 3.21. The third-order valence-corrected chi connectivity index (χ3v) is 3.84. The zero-order valence-corrected chi connectivity index (χ0v) is 13.2. The van der Waals surface area contributed by atoms with Crippen molar-refractivity contribution in [1.82, 2.24) is 24.6 Å². The number of rotatable bonds is 6. The summed E-state index contributed by atoms with van der Waals surface area (Å²) in [6, 6.07) is 3.69. The first kappa shape index (κ1) is 15.7. The molecule has 2 aromatic heterocycles. The van der Waals surface area contributed by atoms with Crippen LogP contribution >= 0.6 is 0 Å². The van der Waals surface area contributed by atoms with E-state index in [1.807, 2.05) is 12.1 Å². The Bertz CT molecular complexity index is 599. The van der Waals surface area contributed by atoms with Gasteiger partial charge in [0.05, 0.1) is 38.6 Å². The van der Waals surface area contributed by atoms with Crippen molar-refractivity contribution in [3.8, 4) is 0 Å². The summed E-state index contributed by atoms with van der Waals surface area (Å²) in [5, 5.41) is 4.09. The molecule has 1 amide bonds. The third kappa shape index (κ3) is 4.40. The van der Waals surface area contributed by atoms with Crippen molar-refractivity contribution in [2.24, 2.45) is 0 Å². The van der Waals surface area contributed by atoms with Crippen LogP contribution in [0.25, 0.3) is 0 Å². The second-order valence-electron chi connectivity index (χ2n) is 5.67. The normalized spacial score (nSPS) is 18.9. The predicted octanol–water partition coefficient (Wildman–Crippen LogP) is 0.230. The molecule has 23 heavy (non-hydrogen) atoms. The van der Waals surface area contributed by atoms with Crippen molar-refractivity contribution < 1.29 is 13.9 Å².